The average Bonchev–Trinajstić information content (AvgIpc) is 2.32. The molecule has 5 nitrogen and oxygen atoms in total. The molecule has 0 fully saturated rings. The Kier molecular flexibility index (Phi) is 2.91. The third kappa shape index (κ3) is 2.18. The van der Waals surface area contributed by atoms with Gasteiger partial charge in [-0.05, 0) is 12.1 Å². The zero-order chi connectivity index (χ0) is 12.4. The van der Waals surface area contributed by atoms with Crippen molar-refractivity contribution < 1.29 is 4.79 Å². The molecule has 0 radical (unpaired) electrons. The largest absolute Gasteiger partial charge is 0.350 e. The lowest BCUT2D eigenvalue weighted by Crippen LogP contribution is -2.29. The first-order chi connectivity index (χ1) is 8.09. The second kappa shape index (κ2) is 4.37. The Balaban J connectivity index is 2.54. The second-order valence-electron chi connectivity index (χ2n) is 3.82. The van der Waals surface area contributed by atoms with Crippen LogP contribution in [0.1, 0.15) is 12.6 Å². The third-order valence-corrected chi connectivity index (χ3v) is 2.55. The Morgan fingerprint density at radius 1 is 1.41 bits per heavy atom. The molecule has 0 aliphatic heterocycles. The summed E-state index contributed by atoms with van der Waals surface area (Å²) in [5.74, 6) is -0.179. The fourth-order valence-corrected chi connectivity index (χ4v) is 1.66. The molecule has 0 aliphatic rings. The Labute approximate surface area is 98.1 Å². The van der Waals surface area contributed by atoms with Crippen molar-refractivity contribution in [1.82, 2.24) is 14.9 Å². The molecule has 0 saturated carbocycles. The van der Waals surface area contributed by atoms with E-state index in [9.17, 15) is 9.59 Å². The molecule has 0 saturated heterocycles. The molecular weight excluding hydrogens is 218 g/mol. The van der Waals surface area contributed by atoms with Crippen molar-refractivity contribution in [2.75, 3.05) is 0 Å². The number of nitrogens with zero attached hydrogens (tertiary/aromatic N) is 2. The minimum atomic E-state index is -0.183. The molecular formula is C12H13N3O2. The minimum absolute atomic E-state index is 0.160. The van der Waals surface area contributed by atoms with Gasteiger partial charge in [0, 0.05) is 14.0 Å². The number of hydrogen-bond donors (Lipinski definition) is 1. The molecule has 0 aliphatic carbocycles. The molecule has 0 spiro atoms. The van der Waals surface area contributed by atoms with Gasteiger partial charge in [-0.1, -0.05) is 12.1 Å². The summed E-state index contributed by atoms with van der Waals surface area (Å²) >= 11 is 0. The van der Waals surface area contributed by atoms with Crippen LogP contribution in [0.25, 0.3) is 11.0 Å². The quantitative estimate of drug-likeness (QED) is 0.821. The van der Waals surface area contributed by atoms with E-state index in [4.69, 9.17) is 0 Å². The maximum Gasteiger partial charge on any atom is 0.274 e. The van der Waals surface area contributed by atoms with Gasteiger partial charge in [0.15, 0.2) is 0 Å². The monoisotopic (exact) mass is 231 g/mol. The van der Waals surface area contributed by atoms with E-state index >= 15 is 0 Å². The van der Waals surface area contributed by atoms with Gasteiger partial charge in [-0.2, -0.15) is 0 Å². The maximum absolute atomic E-state index is 11.9. The van der Waals surface area contributed by atoms with Gasteiger partial charge in [0.25, 0.3) is 5.56 Å². The molecule has 2 rings (SSSR count). The fourth-order valence-electron chi connectivity index (χ4n) is 1.66. The van der Waals surface area contributed by atoms with E-state index < -0.39 is 0 Å². The highest BCUT2D eigenvalue weighted by Crippen LogP contribution is 2.08. The number of amides is 1. The number of para-hydroxylation sites is 2. The van der Waals surface area contributed by atoms with Gasteiger partial charge < -0.3 is 9.88 Å². The molecule has 1 heterocycles. The Hall–Kier alpha value is -2.17. The van der Waals surface area contributed by atoms with Gasteiger partial charge in [-0.3, -0.25) is 9.59 Å². The summed E-state index contributed by atoms with van der Waals surface area (Å²) in [4.78, 5) is 27.0. The lowest BCUT2D eigenvalue weighted by molar-refractivity contribution is -0.119. The van der Waals surface area contributed by atoms with Crippen molar-refractivity contribution in [1.29, 1.82) is 0 Å². The summed E-state index contributed by atoms with van der Waals surface area (Å²) in [7, 11) is 1.70. The van der Waals surface area contributed by atoms with Crippen LogP contribution in [0.15, 0.2) is 29.1 Å². The third-order valence-electron chi connectivity index (χ3n) is 2.55. The zero-order valence-electron chi connectivity index (χ0n) is 9.73. The van der Waals surface area contributed by atoms with Crippen LogP contribution in [0.5, 0.6) is 0 Å². The first kappa shape index (κ1) is 11.3. The molecule has 17 heavy (non-hydrogen) atoms. The van der Waals surface area contributed by atoms with Crippen LogP contribution in [0.3, 0.4) is 0 Å². The number of carbonyl (C=O) groups excluding carboxylic acids is 1. The lowest BCUT2D eigenvalue weighted by Gasteiger charge is -2.07. The number of aromatic nitrogens is 2. The van der Waals surface area contributed by atoms with Gasteiger partial charge in [-0.15, -0.1) is 0 Å². The highest BCUT2D eigenvalue weighted by molar-refractivity contribution is 5.75. The number of benzene rings is 1. The van der Waals surface area contributed by atoms with Gasteiger partial charge >= 0.3 is 0 Å². The first-order valence-corrected chi connectivity index (χ1v) is 5.28. The zero-order valence-corrected chi connectivity index (χ0v) is 9.73. The van der Waals surface area contributed by atoms with Crippen molar-refractivity contribution in [2.24, 2.45) is 7.05 Å². The summed E-state index contributed by atoms with van der Waals surface area (Å²) < 4.78 is 1.54. The van der Waals surface area contributed by atoms with Crippen molar-refractivity contribution in [3.63, 3.8) is 0 Å². The summed E-state index contributed by atoms with van der Waals surface area (Å²) in [5.41, 5.74) is 1.69. The molecule has 88 valence electrons. The molecule has 0 bridgehead atoms. The molecule has 2 aromatic rings. The number of nitrogens with one attached hydrogen (secondary N) is 1. The van der Waals surface area contributed by atoms with E-state index in [1.54, 1.807) is 11.6 Å². The topological polar surface area (TPSA) is 64.0 Å². The molecule has 1 N–H and O–H groups in total. The first-order valence-electron chi connectivity index (χ1n) is 5.28. The van der Waals surface area contributed by atoms with E-state index in [1.165, 1.54) is 6.92 Å². The van der Waals surface area contributed by atoms with Crippen molar-refractivity contribution in [3.05, 3.63) is 40.3 Å². The van der Waals surface area contributed by atoms with E-state index in [2.05, 4.69) is 10.3 Å². The van der Waals surface area contributed by atoms with Crippen molar-refractivity contribution in [2.45, 2.75) is 13.5 Å². The minimum Gasteiger partial charge on any atom is -0.350 e. The summed E-state index contributed by atoms with van der Waals surface area (Å²) in [5, 5.41) is 2.58. The lowest BCUT2D eigenvalue weighted by atomic mass is 10.3. The number of carbonyl (C=O) groups is 1. The van der Waals surface area contributed by atoms with Gasteiger partial charge in [0.05, 0.1) is 17.6 Å². The Morgan fingerprint density at radius 2 is 2.12 bits per heavy atom. The normalized spacial score (nSPS) is 10.5. The maximum atomic E-state index is 11.9. The summed E-state index contributed by atoms with van der Waals surface area (Å²) in [6.45, 7) is 1.57. The molecule has 0 atom stereocenters. The predicted molar refractivity (Wildman–Crippen MR) is 64.5 cm³/mol. The molecule has 1 amide bonds. The van der Waals surface area contributed by atoms with E-state index in [0.717, 1.165) is 11.0 Å². The van der Waals surface area contributed by atoms with Crippen LogP contribution in [0.2, 0.25) is 0 Å². The fraction of sp³-hybridized carbons (Fsp3) is 0.250. The van der Waals surface area contributed by atoms with E-state index in [-0.39, 0.29) is 18.0 Å². The Morgan fingerprint density at radius 3 is 2.82 bits per heavy atom. The van der Waals surface area contributed by atoms with Crippen molar-refractivity contribution in [3.8, 4) is 0 Å². The van der Waals surface area contributed by atoms with Crippen LogP contribution in [-0.4, -0.2) is 15.5 Å². The standard InChI is InChI=1S/C12H13N3O2/c1-8(16)13-7-10-12(17)15(2)11-6-4-3-5-9(11)14-10/h3-6H,7H2,1-2H3,(H,13,16). The van der Waals surface area contributed by atoms with Crippen molar-refractivity contribution >= 4 is 16.9 Å². The second-order valence-corrected chi connectivity index (χ2v) is 3.82. The number of hydrogen-bond acceptors (Lipinski definition) is 3. The van der Waals surface area contributed by atoms with E-state index in [1.807, 2.05) is 24.3 Å². The highest BCUT2D eigenvalue weighted by atomic mass is 16.1. The SMILES string of the molecule is CC(=O)NCc1nc2ccccc2n(C)c1=O. The average molecular weight is 231 g/mol. The summed E-state index contributed by atoms with van der Waals surface area (Å²) in [6.07, 6.45) is 0. The van der Waals surface area contributed by atoms with Crippen LogP contribution >= 0.6 is 0 Å². The van der Waals surface area contributed by atoms with Crippen LogP contribution in [0, 0.1) is 0 Å². The number of fused-ring (bicyclic) bond motifs is 1. The van der Waals surface area contributed by atoms with Gasteiger partial charge in [0.2, 0.25) is 5.91 Å². The van der Waals surface area contributed by atoms with Crippen LogP contribution < -0.4 is 10.9 Å². The molecule has 1 aromatic carbocycles. The molecule has 0 unspecified atom stereocenters. The van der Waals surface area contributed by atoms with Gasteiger partial charge in [0.1, 0.15) is 5.69 Å². The predicted octanol–water partition coefficient (Wildman–Crippen LogP) is 0.570. The smallest absolute Gasteiger partial charge is 0.274 e. The molecule has 1 aromatic heterocycles. The summed E-state index contributed by atoms with van der Waals surface area (Å²) in [6, 6.07) is 7.40. The molecule has 5 heteroatoms. The Bertz CT molecular complexity index is 631. The van der Waals surface area contributed by atoms with Crippen LogP contribution in [-0.2, 0) is 18.4 Å². The van der Waals surface area contributed by atoms with E-state index in [0.29, 0.717) is 5.69 Å². The number of rotatable bonds is 2. The number of aryl methyl sites for hydroxylation is 1. The van der Waals surface area contributed by atoms with Crippen LogP contribution in [0.4, 0.5) is 0 Å². The van der Waals surface area contributed by atoms with Gasteiger partial charge in [-0.25, -0.2) is 4.98 Å². The highest BCUT2D eigenvalue weighted by Gasteiger charge is 2.07.